The molecule has 1 aromatic heterocycles. The molecular weight excluding hydrogens is 381 g/mol. The molecule has 3 aromatic rings. The summed E-state index contributed by atoms with van der Waals surface area (Å²) >= 11 is 0. The lowest BCUT2D eigenvalue weighted by Crippen LogP contribution is -2.16. The first-order valence-electron chi connectivity index (χ1n) is 9.33. The number of nitrogens with zero attached hydrogens (tertiary/aromatic N) is 4. The van der Waals surface area contributed by atoms with Crippen molar-refractivity contribution in [2.75, 3.05) is 5.32 Å². The van der Waals surface area contributed by atoms with Gasteiger partial charge in [-0.2, -0.15) is 15.6 Å². The average molecular weight is 401 g/mol. The fourth-order valence-corrected chi connectivity index (χ4v) is 2.94. The van der Waals surface area contributed by atoms with Crippen LogP contribution in [0.2, 0.25) is 0 Å². The number of anilines is 1. The second-order valence-corrected chi connectivity index (χ2v) is 7.48. The topological polar surface area (TPSA) is 94.5 Å². The molecule has 1 heterocycles. The molecule has 0 atom stereocenters. The summed E-state index contributed by atoms with van der Waals surface area (Å²) < 4.78 is 15.0. The van der Waals surface area contributed by atoms with Crippen LogP contribution in [0, 0.1) is 28.5 Å². The van der Waals surface area contributed by atoms with Crippen LogP contribution in [0.15, 0.2) is 54.7 Å². The van der Waals surface area contributed by atoms with Crippen LogP contribution in [-0.4, -0.2) is 15.7 Å². The van der Waals surface area contributed by atoms with E-state index in [0.717, 1.165) is 16.7 Å². The number of benzene rings is 2. The molecule has 0 saturated heterocycles. The molecular formula is C23H20FN5O. The normalized spacial score (nSPS) is 10.8. The summed E-state index contributed by atoms with van der Waals surface area (Å²) in [6.45, 7) is 4.04. The second kappa shape index (κ2) is 8.59. The third-order valence-electron chi connectivity index (χ3n) is 4.72. The molecule has 0 radical (unpaired) electrons. The minimum atomic E-state index is -0.577. The number of halogens is 1. The first kappa shape index (κ1) is 20.8. The van der Waals surface area contributed by atoms with Crippen molar-refractivity contribution in [1.82, 2.24) is 9.78 Å². The molecule has 0 unspecified atom stereocenters. The van der Waals surface area contributed by atoms with Crippen LogP contribution in [0.5, 0.6) is 0 Å². The average Bonchev–Trinajstić information content (AvgIpc) is 3.16. The molecule has 3 rings (SSSR count). The van der Waals surface area contributed by atoms with E-state index in [9.17, 15) is 14.4 Å². The highest BCUT2D eigenvalue weighted by atomic mass is 19.1. The largest absolute Gasteiger partial charge is 0.309 e. The minimum absolute atomic E-state index is 0.0163. The fourth-order valence-electron chi connectivity index (χ4n) is 2.94. The van der Waals surface area contributed by atoms with Gasteiger partial charge in [-0.25, -0.2) is 4.39 Å². The molecule has 150 valence electrons. The Bertz CT molecular complexity index is 1150. The maximum absolute atomic E-state index is 13.4. The maximum Gasteiger partial charge on any atom is 0.229 e. The first-order valence-corrected chi connectivity index (χ1v) is 9.33. The maximum atomic E-state index is 13.4. The summed E-state index contributed by atoms with van der Waals surface area (Å²) in [7, 11) is 0. The van der Waals surface area contributed by atoms with Crippen molar-refractivity contribution in [3.63, 3.8) is 0 Å². The molecule has 2 aromatic carbocycles. The van der Waals surface area contributed by atoms with E-state index < -0.39 is 11.2 Å². The number of carbonyl (C=O) groups is 1. The van der Waals surface area contributed by atoms with E-state index in [0.29, 0.717) is 12.4 Å². The number of nitrogens with one attached hydrogen (secondary N) is 1. The molecule has 7 heteroatoms. The molecule has 0 aliphatic heterocycles. The van der Waals surface area contributed by atoms with E-state index in [4.69, 9.17) is 5.26 Å². The molecule has 0 bridgehead atoms. The Morgan fingerprint density at radius 1 is 1.13 bits per heavy atom. The summed E-state index contributed by atoms with van der Waals surface area (Å²) in [5.41, 5.74) is 1.87. The second-order valence-electron chi connectivity index (χ2n) is 7.48. The molecule has 0 aliphatic rings. The van der Waals surface area contributed by atoms with E-state index in [-0.39, 0.29) is 17.9 Å². The number of hydrogen-bond donors (Lipinski definition) is 1. The highest BCUT2D eigenvalue weighted by molar-refractivity contribution is 5.91. The van der Waals surface area contributed by atoms with Crippen molar-refractivity contribution in [2.45, 2.75) is 32.2 Å². The zero-order valence-corrected chi connectivity index (χ0v) is 16.7. The standard InChI is InChI=1S/C23H20FN5O/c1-23(2,15-26)19-6-3-16(4-7-19)12-22(30)27-21-9-10-29(28-21)14-17-5-8-20(24)18(11-17)13-25/h3-11H,12,14H2,1-2H3,(H,27,28,30). The fraction of sp³-hybridized carbons (Fsp3) is 0.217. The minimum Gasteiger partial charge on any atom is -0.309 e. The molecule has 1 N–H and O–H groups in total. The summed E-state index contributed by atoms with van der Waals surface area (Å²) in [6.07, 6.45) is 1.88. The number of rotatable bonds is 6. The van der Waals surface area contributed by atoms with E-state index >= 15 is 0 Å². The third-order valence-corrected chi connectivity index (χ3v) is 4.72. The quantitative estimate of drug-likeness (QED) is 0.677. The predicted octanol–water partition coefficient (Wildman–Crippen LogP) is 3.92. The molecule has 0 spiro atoms. The van der Waals surface area contributed by atoms with Crippen LogP contribution in [-0.2, 0) is 23.2 Å². The van der Waals surface area contributed by atoms with Gasteiger partial charge in [0.1, 0.15) is 11.9 Å². The van der Waals surface area contributed by atoms with Crippen molar-refractivity contribution < 1.29 is 9.18 Å². The Morgan fingerprint density at radius 3 is 2.50 bits per heavy atom. The Kier molecular flexibility index (Phi) is 5.94. The summed E-state index contributed by atoms with van der Waals surface area (Å²) in [5.74, 6) is -0.357. The van der Waals surface area contributed by atoms with Crippen LogP contribution in [0.25, 0.3) is 0 Å². The number of aromatic nitrogens is 2. The first-order chi connectivity index (χ1) is 14.3. The van der Waals surface area contributed by atoms with Crippen LogP contribution in [0.1, 0.15) is 36.1 Å². The zero-order chi connectivity index (χ0) is 21.7. The third kappa shape index (κ3) is 4.89. The van der Waals surface area contributed by atoms with Crippen LogP contribution < -0.4 is 5.32 Å². The lowest BCUT2D eigenvalue weighted by Gasteiger charge is -2.15. The smallest absolute Gasteiger partial charge is 0.229 e. The highest BCUT2D eigenvalue weighted by Gasteiger charge is 2.19. The van der Waals surface area contributed by atoms with Gasteiger partial charge in [0, 0.05) is 12.3 Å². The number of carbonyl (C=O) groups excluding carboxylic acids is 1. The van der Waals surface area contributed by atoms with Crippen LogP contribution in [0.4, 0.5) is 10.2 Å². The highest BCUT2D eigenvalue weighted by Crippen LogP contribution is 2.22. The van der Waals surface area contributed by atoms with Gasteiger partial charge in [0.2, 0.25) is 5.91 Å². The Labute approximate surface area is 174 Å². The number of hydrogen-bond acceptors (Lipinski definition) is 4. The van der Waals surface area contributed by atoms with Crippen molar-refractivity contribution >= 4 is 11.7 Å². The van der Waals surface area contributed by atoms with Gasteiger partial charge in [-0.15, -0.1) is 0 Å². The molecule has 0 aliphatic carbocycles. The van der Waals surface area contributed by atoms with Crippen LogP contribution in [0.3, 0.4) is 0 Å². The SMILES string of the molecule is CC(C)(C#N)c1ccc(CC(=O)Nc2ccn(Cc3ccc(F)c(C#N)c3)n2)cc1. The molecule has 0 fully saturated rings. The van der Waals surface area contributed by atoms with Gasteiger partial charge in [-0.3, -0.25) is 9.48 Å². The molecule has 1 amide bonds. The van der Waals surface area contributed by atoms with E-state index in [1.165, 1.54) is 12.1 Å². The Balaban J connectivity index is 1.60. The lowest BCUT2D eigenvalue weighted by atomic mass is 9.86. The Morgan fingerprint density at radius 2 is 1.83 bits per heavy atom. The van der Waals surface area contributed by atoms with Gasteiger partial charge < -0.3 is 5.32 Å². The number of nitriles is 2. The summed E-state index contributed by atoms with van der Waals surface area (Å²) in [5, 5.41) is 25.2. The Hall–Kier alpha value is -3.97. The van der Waals surface area contributed by atoms with Gasteiger partial charge in [-0.05, 0) is 42.7 Å². The molecule has 30 heavy (non-hydrogen) atoms. The predicted molar refractivity (Wildman–Crippen MR) is 110 cm³/mol. The summed E-state index contributed by atoms with van der Waals surface area (Å²) in [6, 6.07) is 17.5. The van der Waals surface area contributed by atoms with Crippen molar-refractivity contribution in [1.29, 1.82) is 10.5 Å². The van der Waals surface area contributed by atoms with E-state index in [2.05, 4.69) is 16.5 Å². The van der Waals surface area contributed by atoms with Crippen LogP contribution >= 0.6 is 0 Å². The van der Waals surface area contributed by atoms with E-state index in [1.54, 1.807) is 23.0 Å². The summed E-state index contributed by atoms with van der Waals surface area (Å²) in [4.78, 5) is 12.3. The van der Waals surface area contributed by atoms with Gasteiger partial charge in [-0.1, -0.05) is 30.3 Å². The monoisotopic (exact) mass is 401 g/mol. The van der Waals surface area contributed by atoms with Crippen molar-refractivity contribution in [2.24, 2.45) is 0 Å². The van der Waals surface area contributed by atoms with E-state index in [1.807, 2.05) is 44.2 Å². The number of amides is 1. The zero-order valence-electron chi connectivity index (χ0n) is 16.7. The lowest BCUT2D eigenvalue weighted by molar-refractivity contribution is -0.115. The van der Waals surface area contributed by atoms with Crippen molar-refractivity contribution in [3.8, 4) is 12.1 Å². The van der Waals surface area contributed by atoms with Gasteiger partial charge in [0.05, 0.1) is 30.0 Å². The van der Waals surface area contributed by atoms with Gasteiger partial charge in [0.25, 0.3) is 0 Å². The van der Waals surface area contributed by atoms with Crippen molar-refractivity contribution in [3.05, 3.63) is 82.8 Å². The van der Waals surface area contributed by atoms with Gasteiger partial charge >= 0.3 is 0 Å². The van der Waals surface area contributed by atoms with Gasteiger partial charge in [0.15, 0.2) is 5.82 Å². The molecule has 6 nitrogen and oxygen atoms in total. The molecule has 0 saturated carbocycles.